The van der Waals surface area contributed by atoms with Crippen LogP contribution in [0.15, 0.2) is 0 Å². The SMILES string of the molecule is CC1(c2nc3c(s2)CCCC3=O)CC1. The molecule has 0 aromatic carbocycles. The minimum Gasteiger partial charge on any atom is -0.292 e. The predicted octanol–water partition coefficient (Wildman–Crippen LogP) is 2.71. The van der Waals surface area contributed by atoms with E-state index in [1.807, 2.05) is 0 Å². The smallest absolute Gasteiger partial charge is 0.182 e. The number of hydrogen-bond acceptors (Lipinski definition) is 3. The molecule has 1 aromatic heterocycles. The van der Waals surface area contributed by atoms with Crippen LogP contribution in [0.4, 0.5) is 0 Å². The van der Waals surface area contributed by atoms with Gasteiger partial charge in [0, 0.05) is 16.7 Å². The molecule has 1 aromatic rings. The van der Waals surface area contributed by atoms with Gasteiger partial charge >= 0.3 is 0 Å². The molecule has 74 valence electrons. The van der Waals surface area contributed by atoms with Gasteiger partial charge in [-0.25, -0.2) is 4.98 Å². The summed E-state index contributed by atoms with van der Waals surface area (Å²) in [5, 5.41) is 1.21. The Morgan fingerprint density at radius 3 is 2.79 bits per heavy atom. The molecule has 2 aliphatic carbocycles. The quantitative estimate of drug-likeness (QED) is 0.708. The molecule has 3 rings (SSSR count). The van der Waals surface area contributed by atoms with E-state index in [1.165, 1.54) is 22.7 Å². The first kappa shape index (κ1) is 8.60. The summed E-state index contributed by atoms with van der Waals surface area (Å²) in [4.78, 5) is 17.4. The van der Waals surface area contributed by atoms with E-state index in [0.29, 0.717) is 11.8 Å². The molecular weight excluding hydrogens is 194 g/mol. The van der Waals surface area contributed by atoms with Gasteiger partial charge in [-0.15, -0.1) is 11.3 Å². The zero-order chi connectivity index (χ0) is 9.76. The molecule has 3 heteroatoms. The molecule has 0 bridgehead atoms. The maximum atomic E-state index is 11.6. The van der Waals surface area contributed by atoms with E-state index in [2.05, 4.69) is 11.9 Å². The summed E-state index contributed by atoms with van der Waals surface area (Å²) in [5.74, 6) is 0.262. The van der Waals surface area contributed by atoms with Crippen LogP contribution in [0.2, 0.25) is 0 Å². The van der Waals surface area contributed by atoms with Crippen molar-refractivity contribution >= 4 is 17.1 Å². The van der Waals surface area contributed by atoms with Gasteiger partial charge in [0.1, 0.15) is 5.69 Å². The van der Waals surface area contributed by atoms with Crippen molar-refractivity contribution in [2.45, 2.75) is 44.4 Å². The summed E-state index contributed by atoms with van der Waals surface area (Å²) in [7, 11) is 0. The number of ketones is 1. The Hall–Kier alpha value is -0.700. The molecule has 0 unspecified atom stereocenters. The van der Waals surface area contributed by atoms with Gasteiger partial charge in [0.05, 0.1) is 5.01 Å². The second-order valence-corrected chi connectivity index (χ2v) is 5.71. The van der Waals surface area contributed by atoms with Gasteiger partial charge in [-0.3, -0.25) is 4.79 Å². The summed E-state index contributed by atoms with van der Waals surface area (Å²) >= 11 is 1.78. The Kier molecular flexibility index (Phi) is 1.63. The van der Waals surface area contributed by atoms with Crippen LogP contribution in [0.1, 0.15) is 53.0 Å². The number of rotatable bonds is 1. The molecule has 0 atom stereocenters. The third-order valence-corrected chi connectivity index (χ3v) is 4.71. The zero-order valence-electron chi connectivity index (χ0n) is 8.30. The minimum absolute atomic E-state index is 0.262. The summed E-state index contributed by atoms with van der Waals surface area (Å²) in [6.07, 6.45) is 5.27. The van der Waals surface area contributed by atoms with Crippen LogP contribution in [0.25, 0.3) is 0 Å². The highest BCUT2D eigenvalue weighted by atomic mass is 32.1. The molecule has 1 heterocycles. The van der Waals surface area contributed by atoms with Crippen molar-refractivity contribution in [1.29, 1.82) is 0 Å². The average Bonchev–Trinajstić information content (AvgIpc) is 2.77. The van der Waals surface area contributed by atoms with Crippen LogP contribution in [0.5, 0.6) is 0 Å². The Bertz CT molecular complexity index is 403. The van der Waals surface area contributed by atoms with Crippen molar-refractivity contribution in [3.8, 4) is 0 Å². The van der Waals surface area contributed by atoms with Crippen molar-refractivity contribution in [3.63, 3.8) is 0 Å². The number of Topliss-reactive ketones (excluding diaryl/α,β-unsaturated/α-hetero) is 1. The maximum absolute atomic E-state index is 11.6. The fourth-order valence-electron chi connectivity index (χ4n) is 1.93. The van der Waals surface area contributed by atoms with Crippen molar-refractivity contribution in [2.75, 3.05) is 0 Å². The van der Waals surface area contributed by atoms with Crippen LogP contribution >= 0.6 is 11.3 Å². The fraction of sp³-hybridized carbons (Fsp3) is 0.636. The second-order valence-electron chi connectivity index (χ2n) is 4.63. The molecule has 0 radical (unpaired) electrons. The van der Waals surface area contributed by atoms with Crippen LogP contribution in [0, 0.1) is 0 Å². The summed E-state index contributed by atoms with van der Waals surface area (Å²) in [6, 6.07) is 0. The monoisotopic (exact) mass is 207 g/mol. The number of nitrogens with zero attached hydrogens (tertiary/aromatic N) is 1. The molecule has 0 aliphatic heterocycles. The Balaban J connectivity index is 2.06. The Morgan fingerprint density at radius 2 is 2.14 bits per heavy atom. The van der Waals surface area contributed by atoms with E-state index in [0.717, 1.165) is 18.5 Å². The molecule has 1 fully saturated rings. The molecule has 0 N–H and O–H groups in total. The van der Waals surface area contributed by atoms with Gasteiger partial charge in [0.15, 0.2) is 5.78 Å². The Morgan fingerprint density at radius 1 is 1.36 bits per heavy atom. The topological polar surface area (TPSA) is 30.0 Å². The summed E-state index contributed by atoms with van der Waals surface area (Å²) in [6.45, 7) is 2.25. The second kappa shape index (κ2) is 2.66. The van der Waals surface area contributed by atoms with E-state index in [1.54, 1.807) is 11.3 Å². The molecule has 0 spiro atoms. The molecule has 2 aliphatic rings. The number of aryl methyl sites for hydroxylation is 1. The van der Waals surface area contributed by atoms with Crippen molar-refractivity contribution < 1.29 is 4.79 Å². The molecule has 0 amide bonds. The van der Waals surface area contributed by atoms with Crippen LogP contribution < -0.4 is 0 Å². The molecule has 14 heavy (non-hydrogen) atoms. The van der Waals surface area contributed by atoms with Crippen molar-refractivity contribution in [1.82, 2.24) is 4.98 Å². The molecule has 0 saturated heterocycles. The van der Waals surface area contributed by atoms with E-state index < -0.39 is 0 Å². The third-order valence-electron chi connectivity index (χ3n) is 3.29. The number of carbonyl (C=O) groups is 1. The van der Waals surface area contributed by atoms with Crippen molar-refractivity contribution in [3.05, 3.63) is 15.6 Å². The first-order valence-corrected chi connectivity index (χ1v) is 6.04. The number of hydrogen-bond donors (Lipinski definition) is 0. The molecule has 1 saturated carbocycles. The number of carbonyl (C=O) groups excluding carboxylic acids is 1. The average molecular weight is 207 g/mol. The lowest BCUT2D eigenvalue weighted by Crippen LogP contribution is -2.09. The number of fused-ring (bicyclic) bond motifs is 1. The Labute approximate surface area is 87.4 Å². The van der Waals surface area contributed by atoms with Gasteiger partial charge in [-0.05, 0) is 25.7 Å². The number of thiazole rings is 1. The summed E-state index contributed by atoms with van der Waals surface area (Å²) in [5.41, 5.74) is 1.12. The van der Waals surface area contributed by atoms with Gasteiger partial charge in [0.2, 0.25) is 0 Å². The third kappa shape index (κ3) is 1.15. The van der Waals surface area contributed by atoms with Gasteiger partial charge in [-0.1, -0.05) is 6.92 Å². The summed E-state index contributed by atoms with van der Waals surface area (Å²) < 4.78 is 0. The standard InChI is InChI=1S/C11H13NOS/c1-11(5-6-11)10-12-9-7(13)3-2-4-8(9)14-10/h2-6H2,1H3. The minimum atomic E-state index is 0.262. The van der Waals surface area contributed by atoms with Gasteiger partial charge < -0.3 is 0 Å². The van der Waals surface area contributed by atoms with Gasteiger partial charge in [0.25, 0.3) is 0 Å². The normalized spacial score (nSPS) is 23.4. The lowest BCUT2D eigenvalue weighted by molar-refractivity contribution is 0.0968. The van der Waals surface area contributed by atoms with E-state index in [4.69, 9.17) is 0 Å². The first-order chi connectivity index (χ1) is 6.69. The first-order valence-electron chi connectivity index (χ1n) is 5.22. The number of aromatic nitrogens is 1. The van der Waals surface area contributed by atoms with E-state index in [9.17, 15) is 4.79 Å². The lowest BCUT2D eigenvalue weighted by Gasteiger charge is -2.06. The van der Waals surface area contributed by atoms with Crippen LogP contribution in [-0.4, -0.2) is 10.8 Å². The largest absolute Gasteiger partial charge is 0.292 e. The predicted molar refractivity (Wildman–Crippen MR) is 56.0 cm³/mol. The highest BCUT2D eigenvalue weighted by Gasteiger charge is 2.43. The molecule has 2 nitrogen and oxygen atoms in total. The zero-order valence-corrected chi connectivity index (χ0v) is 9.12. The van der Waals surface area contributed by atoms with Crippen LogP contribution in [-0.2, 0) is 11.8 Å². The van der Waals surface area contributed by atoms with E-state index >= 15 is 0 Å². The van der Waals surface area contributed by atoms with Gasteiger partial charge in [-0.2, -0.15) is 0 Å². The fourth-order valence-corrected chi connectivity index (χ4v) is 3.25. The highest BCUT2D eigenvalue weighted by Crippen LogP contribution is 2.49. The highest BCUT2D eigenvalue weighted by molar-refractivity contribution is 7.12. The van der Waals surface area contributed by atoms with Crippen molar-refractivity contribution in [2.24, 2.45) is 0 Å². The lowest BCUT2D eigenvalue weighted by atomic mass is 10.0. The molecular formula is C11H13NOS. The van der Waals surface area contributed by atoms with Crippen LogP contribution in [0.3, 0.4) is 0 Å². The van der Waals surface area contributed by atoms with E-state index in [-0.39, 0.29) is 5.78 Å². The maximum Gasteiger partial charge on any atom is 0.182 e.